The molecule has 2 bridgehead atoms. The third kappa shape index (κ3) is 3.39. The van der Waals surface area contributed by atoms with Gasteiger partial charge in [0.2, 0.25) is 11.8 Å². The molecule has 3 unspecified atom stereocenters. The average molecular weight is 493 g/mol. The Kier molecular flexibility index (Phi) is 5.93. The lowest BCUT2D eigenvalue weighted by atomic mass is 9.70. The summed E-state index contributed by atoms with van der Waals surface area (Å²) in [5, 5.41) is 19.4. The van der Waals surface area contributed by atoms with Gasteiger partial charge < -0.3 is 24.7 Å². The van der Waals surface area contributed by atoms with E-state index in [9.17, 15) is 24.6 Å². The summed E-state index contributed by atoms with van der Waals surface area (Å²) >= 11 is 3.50. The molecule has 0 saturated carbocycles. The van der Waals surface area contributed by atoms with Crippen LogP contribution in [0, 0.1) is 11.8 Å². The second-order valence-electron chi connectivity index (χ2n) is 8.25. The Hall–Kier alpha value is -2.23. The second-order valence-corrected chi connectivity index (χ2v) is 9.43. The Morgan fingerprint density at radius 3 is 2.68 bits per heavy atom. The van der Waals surface area contributed by atoms with Gasteiger partial charge in [0.1, 0.15) is 11.6 Å². The number of amides is 2. The van der Waals surface area contributed by atoms with Gasteiger partial charge in [0, 0.05) is 24.5 Å². The first-order valence-corrected chi connectivity index (χ1v) is 11.2. The van der Waals surface area contributed by atoms with Crippen LogP contribution in [-0.2, 0) is 25.7 Å². The normalized spacial score (nSPS) is 33.4. The zero-order valence-corrected chi connectivity index (χ0v) is 18.5. The second kappa shape index (κ2) is 8.37. The number of carboxylic acids is 1. The van der Waals surface area contributed by atoms with Gasteiger partial charge in [-0.15, -0.1) is 6.58 Å². The number of alkyl halides is 1. The van der Waals surface area contributed by atoms with Crippen molar-refractivity contribution in [2.45, 2.75) is 35.5 Å². The molecule has 31 heavy (non-hydrogen) atoms. The first-order chi connectivity index (χ1) is 14.9. The number of aliphatic carboxylic acids is 1. The quantitative estimate of drug-likeness (QED) is 0.414. The summed E-state index contributed by atoms with van der Waals surface area (Å²) in [4.78, 5) is 41.8. The minimum absolute atomic E-state index is 0.0614. The van der Waals surface area contributed by atoms with Gasteiger partial charge in [-0.25, -0.2) is 0 Å². The van der Waals surface area contributed by atoms with Gasteiger partial charge in [-0.1, -0.05) is 52.3 Å². The molecular formula is C22H25BrN2O6. The maximum absolute atomic E-state index is 13.8. The lowest BCUT2D eigenvalue weighted by molar-refractivity contribution is -0.151. The molecular weight excluding hydrogens is 468 g/mol. The number of aliphatic hydroxyl groups is 1. The molecule has 3 heterocycles. The fourth-order valence-corrected chi connectivity index (χ4v) is 6.35. The molecule has 3 aliphatic heterocycles. The number of carbonyl (C=O) groups is 3. The van der Waals surface area contributed by atoms with E-state index in [1.807, 2.05) is 30.3 Å². The van der Waals surface area contributed by atoms with Gasteiger partial charge in [0.05, 0.1) is 24.5 Å². The largest absolute Gasteiger partial charge is 0.481 e. The highest BCUT2D eigenvalue weighted by atomic mass is 79.9. The Morgan fingerprint density at radius 1 is 1.35 bits per heavy atom. The number of ether oxygens (including phenoxy) is 1. The number of rotatable bonds is 8. The molecule has 3 fully saturated rings. The van der Waals surface area contributed by atoms with Crippen molar-refractivity contribution in [3.05, 3.63) is 48.6 Å². The van der Waals surface area contributed by atoms with Crippen LogP contribution >= 0.6 is 15.9 Å². The number of hydrogen-bond donors (Lipinski definition) is 2. The van der Waals surface area contributed by atoms with Crippen LogP contribution in [0.15, 0.2) is 43.0 Å². The number of nitrogens with zero attached hydrogens (tertiary/aromatic N) is 2. The van der Waals surface area contributed by atoms with Crippen molar-refractivity contribution in [3.63, 3.8) is 0 Å². The highest BCUT2D eigenvalue weighted by Gasteiger charge is 2.76. The van der Waals surface area contributed by atoms with Crippen molar-refractivity contribution in [1.29, 1.82) is 0 Å². The number of halogens is 1. The minimum Gasteiger partial charge on any atom is -0.481 e. The number of carboxylic acid groups (broad SMARTS) is 1. The summed E-state index contributed by atoms with van der Waals surface area (Å²) in [5.74, 6) is -3.88. The molecule has 4 rings (SSSR count). The fraction of sp³-hybridized carbons (Fsp3) is 0.500. The summed E-state index contributed by atoms with van der Waals surface area (Å²) in [7, 11) is 0. The molecule has 9 heteroatoms. The van der Waals surface area contributed by atoms with E-state index in [0.29, 0.717) is 13.0 Å². The molecule has 8 nitrogen and oxygen atoms in total. The van der Waals surface area contributed by atoms with E-state index in [1.54, 1.807) is 11.0 Å². The molecule has 6 atom stereocenters. The number of likely N-dealkylation sites (tertiary alicyclic amines) is 1. The van der Waals surface area contributed by atoms with E-state index >= 15 is 0 Å². The van der Waals surface area contributed by atoms with Crippen molar-refractivity contribution in [3.8, 4) is 0 Å². The van der Waals surface area contributed by atoms with Gasteiger partial charge in [0.15, 0.2) is 0 Å². The van der Waals surface area contributed by atoms with Crippen molar-refractivity contribution >= 4 is 33.7 Å². The van der Waals surface area contributed by atoms with E-state index in [2.05, 4.69) is 22.5 Å². The van der Waals surface area contributed by atoms with Crippen molar-refractivity contribution in [1.82, 2.24) is 9.80 Å². The predicted octanol–water partition coefficient (Wildman–Crippen LogP) is 1.03. The lowest BCUT2D eigenvalue weighted by Gasteiger charge is -2.36. The van der Waals surface area contributed by atoms with Crippen LogP contribution in [0.3, 0.4) is 0 Å². The summed E-state index contributed by atoms with van der Waals surface area (Å²) in [6.45, 7) is 3.93. The maximum Gasteiger partial charge on any atom is 0.310 e. The van der Waals surface area contributed by atoms with E-state index in [0.717, 1.165) is 5.56 Å². The Bertz CT molecular complexity index is 895. The molecule has 0 radical (unpaired) electrons. The molecule has 2 N–H and O–H groups in total. The molecule has 1 aromatic rings. The third-order valence-corrected chi connectivity index (χ3v) is 7.37. The molecule has 0 aromatic heterocycles. The lowest BCUT2D eigenvalue weighted by Crippen LogP contribution is -2.56. The van der Waals surface area contributed by atoms with Crippen LogP contribution in [0.2, 0.25) is 0 Å². The van der Waals surface area contributed by atoms with Crippen LogP contribution in [0.5, 0.6) is 0 Å². The maximum atomic E-state index is 13.8. The molecule has 0 aliphatic carbocycles. The number of β-amino-alcohol motifs (C(OH)–C–C–N with tert-alkyl or cyclic N) is 1. The van der Waals surface area contributed by atoms with Crippen molar-refractivity contribution in [2.24, 2.45) is 11.8 Å². The van der Waals surface area contributed by atoms with Crippen LogP contribution < -0.4 is 0 Å². The standard InChI is InChI=1S/C22H25BrN2O6/c1-2-8-24(12-13-6-4-3-5-7-13)20(28)18-22-11-14(23)17(31-22)15(21(29)30)16(22)19(27)25(18)9-10-26/h2-7,14-18,26H,1,8-12H2,(H,29,30)/t14?,15-,16+,17-,18?,22?/m1/s1. The molecule has 2 amide bonds. The first-order valence-electron chi connectivity index (χ1n) is 10.3. The molecule has 1 spiro atoms. The smallest absolute Gasteiger partial charge is 0.310 e. The summed E-state index contributed by atoms with van der Waals surface area (Å²) in [6.07, 6.45) is 1.28. The SMILES string of the molecule is C=CCN(Cc1ccccc1)C(=O)C1N(CCO)C(=O)[C@@H]2[C@@H](C(=O)O)[C@@H]3OC12CC3Br. The third-order valence-electron chi connectivity index (χ3n) is 6.53. The number of fused-ring (bicyclic) bond motifs is 1. The number of benzene rings is 1. The van der Waals surface area contributed by atoms with E-state index in [1.165, 1.54) is 4.90 Å². The average Bonchev–Trinajstić information content (AvgIpc) is 3.32. The molecule has 166 valence electrons. The topological polar surface area (TPSA) is 107 Å². The van der Waals surface area contributed by atoms with Gasteiger partial charge in [-0.2, -0.15) is 0 Å². The Balaban J connectivity index is 1.73. The molecule has 3 aliphatic rings. The zero-order chi connectivity index (χ0) is 22.3. The van der Waals surface area contributed by atoms with E-state index in [-0.39, 0.29) is 30.4 Å². The highest BCUT2D eigenvalue weighted by molar-refractivity contribution is 9.09. The highest BCUT2D eigenvalue weighted by Crippen LogP contribution is 2.60. The van der Waals surface area contributed by atoms with E-state index < -0.39 is 41.5 Å². The number of carbonyl (C=O) groups excluding carboxylic acids is 2. The summed E-state index contributed by atoms with van der Waals surface area (Å²) in [5.41, 5.74) is -0.315. The summed E-state index contributed by atoms with van der Waals surface area (Å²) in [6, 6.07) is 8.46. The van der Waals surface area contributed by atoms with Gasteiger partial charge in [0.25, 0.3) is 0 Å². The van der Waals surface area contributed by atoms with Crippen LogP contribution in [0.1, 0.15) is 12.0 Å². The minimum atomic E-state index is -1.23. The van der Waals surface area contributed by atoms with Gasteiger partial charge >= 0.3 is 5.97 Å². The predicted molar refractivity (Wildman–Crippen MR) is 114 cm³/mol. The first kappa shape index (κ1) is 22.0. The van der Waals surface area contributed by atoms with E-state index in [4.69, 9.17) is 4.74 Å². The van der Waals surface area contributed by atoms with Gasteiger partial charge in [-0.3, -0.25) is 14.4 Å². The van der Waals surface area contributed by atoms with Crippen LogP contribution in [0.25, 0.3) is 0 Å². The summed E-state index contributed by atoms with van der Waals surface area (Å²) < 4.78 is 6.18. The fourth-order valence-electron chi connectivity index (χ4n) is 5.40. The molecule has 3 saturated heterocycles. The molecule has 1 aromatic carbocycles. The zero-order valence-electron chi connectivity index (χ0n) is 16.9. The monoisotopic (exact) mass is 492 g/mol. The van der Waals surface area contributed by atoms with Crippen LogP contribution in [0.4, 0.5) is 0 Å². The number of hydrogen-bond acceptors (Lipinski definition) is 5. The Morgan fingerprint density at radius 2 is 2.06 bits per heavy atom. The number of aliphatic hydroxyl groups excluding tert-OH is 1. The Labute approximate surface area is 188 Å². The van der Waals surface area contributed by atoms with Crippen molar-refractivity contribution < 1.29 is 29.3 Å². The van der Waals surface area contributed by atoms with Gasteiger partial charge in [-0.05, 0) is 12.0 Å². The van der Waals surface area contributed by atoms with Crippen molar-refractivity contribution in [2.75, 3.05) is 19.7 Å². The van der Waals surface area contributed by atoms with Crippen LogP contribution in [-0.4, -0.2) is 80.1 Å².